The average Bonchev–Trinajstić information content (AvgIpc) is 3.26. The van der Waals surface area contributed by atoms with E-state index < -0.39 is 0 Å². The van der Waals surface area contributed by atoms with E-state index in [2.05, 4.69) is 65.3 Å². The van der Waals surface area contributed by atoms with Gasteiger partial charge in [0.15, 0.2) is 5.84 Å². The van der Waals surface area contributed by atoms with Crippen LogP contribution in [0.25, 0.3) is 5.69 Å². The Hall–Kier alpha value is -2.16. The third kappa shape index (κ3) is 3.60. The van der Waals surface area contributed by atoms with Crippen LogP contribution in [0, 0.1) is 0 Å². The predicted octanol–water partition coefficient (Wildman–Crippen LogP) is 3.58. The van der Waals surface area contributed by atoms with Gasteiger partial charge in [0.1, 0.15) is 0 Å². The predicted molar refractivity (Wildman–Crippen MR) is 104 cm³/mol. The molecule has 2 aromatic carbocycles. The van der Waals surface area contributed by atoms with Gasteiger partial charge in [-0.1, -0.05) is 50.1 Å². The summed E-state index contributed by atoms with van der Waals surface area (Å²) in [6, 6.07) is 16.2. The molecule has 0 bridgehead atoms. The Bertz CT molecular complexity index is 919. The lowest BCUT2D eigenvalue weighted by molar-refractivity contribution is 0.288. The summed E-state index contributed by atoms with van der Waals surface area (Å²) in [5, 5.41) is 10.7. The molecule has 3 aromatic rings. The van der Waals surface area contributed by atoms with Crippen LogP contribution in [0.4, 0.5) is 0 Å². The minimum absolute atomic E-state index is 0.682. The van der Waals surface area contributed by atoms with Gasteiger partial charge in [-0.15, -0.1) is 10.6 Å². The third-order valence-corrected chi connectivity index (χ3v) is 4.79. The van der Waals surface area contributed by atoms with Crippen molar-refractivity contribution >= 4 is 37.7 Å². The molecule has 0 fully saturated rings. The number of nitrogens with zero attached hydrogens (tertiary/aromatic N) is 4. The molecule has 126 valence electrons. The van der Waals surface area contributed by atoms with Gasteiger partial charge in [0.25, 0.3) is 0 Å². The lowest BCUT2D eigenvalue weighted by Gasteiger charge is -2.18. The lowest BCUT2D eigenvalue weighted by atomic mass is 10.2. The fourth-order valence-corrected chi connectivity index (χ4v) is 3.21. The van der Waals surface area contributed by atoms with E-state index in [-0.39, 0.29) is 0 Å². The molecule has 8 heteroatoms. The van der Waals surface area contributed by atoms with Gasteiger partial charge < -0.3 is 0 Å². The number of aromatic nitrogens is 2. The molecule has 0 saturated carbocycles. The quantitative estimate of drug-likeness (QED) is 0.623. The molecule has 2 heterocycles. The zero-order chi connectivity index (χ0) is 17.2. The Morgan fingerprint density at radius 3 is 2.64 bits per heavy atom. The van der Waals surface area contributed by atoms with E-state index >= 15 is 0 Å². The van der Waals surface area contributed by atoms with Crippen LogP contribution < -0.4 is 11.1 Å². The summed E-state index contributed by atoms with van der Waals surface area (Å²) in [5.41, 5.74) is 8.95. The van der Waals surface area contributed by atoms with Crippen LogP contribution >= 0.6 is 31.9 Å². The van der Waals surface area contributed by atoms with Crippen molar-refractivity contribution in [3.8, 4) is 5.69 Å². The van der Waals surface area contributed by atoms with Crippen LogP contribution in [-0.4, -0.2) is 20.6 Å². The van der Waals surface area contributed by atoms with Crippen LogP contribution in [0.5, 0.6) is 0 Å². The first-order valence-corrected chi connectivity index (χ1v) is 9.19. The number of hydrogen-bond donors (Lipinski definition) is 2. The zero-order valence-corrected chi connectivity index (χ0v) is 16.2. The van der Waals surface area contributed by atoms with Crippen molar-refractivity contribution in [2.75, 3.05) is 0 Å². The molecule has 4 rings (SSSR count). The summed E-state index contributed by atoms with van der Waals surface area (Å²) in [6.07, 6.45) is 3.77. The number of amidine groups is 1. The molecule has 1 aliphatic rings. The highest BCUT2D eigenvalue weighted by Gasteiger charge is 2.20. The molecule has 0 unspecified atom stereocenters. The molecule has 0 saturated heterocycles. The number of hydrazone groups is 1. The molecule has 1 aliphatic heterocycles. The van der Waals surface area contributed by atoms with Crippen molar-refractivity contribution in [2.24, 2.45) is 5.10 Å². The highest BCUT2D eigenvalue weighted by molar-refractivity contribution is 9.10. The summed E-state index contributed by atoms with van der Waals surface area (Å²) in [5.74, 6) is 0.796. The van der Waals surface area contributed by atoms with Crippen molar-refractivity contribution < 1.29 is 0 Å². The second-order valence-corrected chi connectivity index (χ2v) is 7.36. The van der Waals surface area contributed by atoms with Gasteiger partial charge in [-0.3, -0.25) is 5.01 Å². The Labute approximate surface area is 161 Å². The topological polar surface area (TPSA) is 57.5 Å². The monoisotopic (exact) mass is 460 g/mol. The summed E-state index contributed by atoms with van der Waals surface area (Å²) in [7, 11) is 0. The summed E-state index contributed by atoms with van der Waals surface area (Å²) >= 11 is 6.94. The van der Waals surface area contributed by atoms with Gasteiger partial charge in [-0.2, -0.15) is 5.10 Å². The largest absolute Gasteiger partial charge is 0.266 e. The Morgan fingerprint density at radius 2 is 1.84 bits per heavy atom. The fraction of sp³-hybridized carbons (Fsp3) is 0.0588. The van der Waals surface area contributed by atoms with Crippen LogP contribution in [0.1, 0.15) is 11.1 Å². The van der Waals surface area contributed by atoms with Crippen LogP contribution in [0.2, 0.25) is 0 Å². The first kappa shape index (κ1) is 16.3. The van der Waals surface area contributed by atoms with Crippen molar-refractivity contribution in [3.05, 3.63) is 81.0 Å². The first-order chi connectivity index (χ1) is 12.2. The van der Waals surface area contributed by atoms with Crippen molar-refractivity contribution in [1.82, 2.24) is 25.9 Å². The number of benzene rings is 2. The van der Waals surface area contributed by atoms with Gasteiger partial charge in [-0.25, -0.2) is 10.2 Å². The maximum Gasteiger partial charge on any atom is 0.176 e. The molecule has 0 amide bonds. The van der Waals surface area contributed by atoms with Crippen LogP contribution in [0.15, 0.2) is 75.0 Å². The first-order valence-electron chi connectivity index (χ1n) is 7.60. The highest BCUT2D eigenvalue weighted by atomic mass is 79.9. The molecule has 1 aromatic heterocycles. The summed E-state index contributed by atoms with van der Waals surface area (Å²) in [6.45, 7) is 0.682. The Kier molecular flexibility index (Phi) is 4.56. The van der Waals surface area contributed by atoms with E-state index in [0.717, 1.165) is 26.0 Å². The van der Waals surface area contributed by atoms with E-state index in [0.29, 0.717) is 6.54 Å². The Morgan fingerprint density at radius 1 is 1.00 bits per heavy atom. The molecule has 0 spiro atoms. The number of rotatable bonds is 4. The van der Waals surface area contributed by atoms with E-state index in [1.807, 2.05) is 58.5 Å². The van der Waals surface area contributed by atoms with E-state index in [4.69, 9.17) is 0 Å². The van der Waals surface area contributed by atoms with Gasteiger partial charge >= 0.3 is 0 Å². The van der Waals surface area contributed by atoms with Crippen molar-refractivity contribution in [3.63, 3.8) is 0 Å². The number of hydrogen-bond acceptors (Lipinski definition) is 5. The second-order valence-electron chi connectivity index (χ2n) is 5.53. The number of halogens is 2. The SMILES string of the molecule is Brc1ccc(CN2NNN=C2c2cnn(-c3cccc(Br)c3)c2)cc1. The number of hydrazine groups is 2. The second kappa shape index (κ2) is 6.99. The smallest absolute Gasteiger partial charge is 0.176 e. The Balaban J connectivity index is 1.55. The van der Waals surface area contributed by atoms with Gasteiger partial charge in [-0.05, 0) is 35.9 Å². The normalized spacial score (nSPS) is 13.7. The van der Waals surface area contributed by atoms with E-state index in [9.17, 15) is 0 Å². The van der Waals surface area contributed by atoms with Gasteiger partial charge in [0.2, 0.25) is 0 Å². The molecule has 0 aliphatic carbocycles. The molecule has 25 heavy (non-hydrogen) atoms. The van der Waals surface area contributed by atoms with Crippen LogP contribution in [-0.2, 0) is 6.54 Å². The minimum atomic E-state index is 0.682. The van der Waals surface area contributed by atoms with E-state index in [1.54, 1.807) is 0 Å². The van der Waals surface area contributed by atoms with Crippen molar-refractivity contribution in [1.29, 1.82) is 0 Å². The average molecular weight is 462 g/mol. The van der Waals surface area contributed by atoms with Gasteiger partial charge in [0, 0.05) is 15.1 Å². The molecule has 6 nitrogen and oxygen atoms in total. The molecular weight excluding hydrogens is 448 g/mol. The lowest BCUT2D eigenvalue weighted by Crippen LogP contribution is -2.40. The summed E-state index contributed by atoms with van der Waals surface area (Å²) in [4.78, 5) is 0. The standard InChI is InChI=1S/C17H14Br2N6/c18-14-6-4-12(5-7-14)10-25-17(21-22-23-25)13-9-20-24(11-13)16-3-1-2-15(19)8-16/h1-9,11,22-23H,10H2. The van der Waals surface area contributed by atoms with Crippen LogP contribution in [0.3, 0.4) is 0 Å². The number of nitrogens with one attached hydrogen (secondary N) is 2. The zero-order valence-electron chi connectivity index (χ0n) is 13.0. The van der Waals surface area contributed by atoms with Gasteiger partial charge in [0.05, 0.1) is 24.0 Å². The van der Waals surface area contributed by atoms with E-state index in [1.165, 1.54) is 5.56 Å². The molecule has 0 atom stereocenters. The molecule has 0 radical (unpaired) electrons. The third-order valence-electron chi connectivity index (χ3n) is 3.77. The maximum atomic E-state index is 4.45. The molecular formula is C17H14Br2N6. The summed E-state index contributed by atoms with van der Waals surface area (Å²) < 4.78 is 3.91. The fourth-order valence-electron chi connectivity index (χ4n) is 2.56. The maximum absolute atomic E-state index is 4.45. The highest BCUT2D eigenvalue weighted by Crippen LogP contribution is 2.17. The van der Waals surface area contributed by atoms with Crippen molar-refractivity contribution in [2.45, 2.75) is 6.54 Å². The molecule has 2 N–H and O–H groups in total. The minimum Gasteiger partial charge on any atom is -0.266 e.